The minimum absolute atomic E-state index is 0.275. The van der Waals surface area contributed by atoms with Crippen LogP contribution in [0.4, 0.5) is 10.2 Å². The standard InChI is InChI=1S/C14H12FN3S/c15-11-1-2-13-12(7-11)14(18-9-17-13)16-5-3-10-4-6-19-8-10/h1-2,4,6-9H,3,5H2,(H,16,17,18). The van der Waals surface area contributed by atoms with E-state index in [-0.39, 0.29) is 5.82 Å². The first kappa shape index (κ1) is 12.0. The molecule has 3 aromatic rings. The molecule has 0 saturated carbocycles. The molecule has 0 aliphatic rings. The second kappa shape index (κ2) is 5.32. The van der Waals surface area contributed by atoms with Gasteiger partial charge in [-0.25, -0.2) is 14.4 Å². The number of anilines is 1. The fourth-order valence-corrected chi connectivity index (χ4v) is 2.63. The molecule has 0 radical (unpaired) electrons. The van der Waals surface area contributed by atoms with E-state index in [9.17, 15) is 4.39 Å². The van der Waals surface area contributed by atoms with Gasteiger partial charge >= 0.3 is 0 Å². The Morgan fingerprint density at radius 2 is 2.16 bits per heavy atom. The molecule has 0 amide bonds. The number of halogens is 1. The molecule has 3 nitrogen and oxygen atoms in total. The number of rotatable bonds is 4. The van der Waals surface area contributed by atoms with Crippen molar-refractivity contribution in [3.8, 4) is 0 Å². The van der Waals surface area contributed by atoms with Gasteiger partial charge in [-0.2, -0.15) is 11.3 Å². The third-order valence-electron chi connectivity index (χ3n) is 2.88. The Morgan fingerprint density at radius 3 is 3.00 bits per heavy atom. The lowest BCUT2D eigenvalue weighted by Gasteiger charge is -2.07. The average Bonchev–Trinajstić information content (AvgIpc) is 2.92. The summed E-state index contributed by atoms with van der Waals surface area (Å²) in [6.07, 6.45) is 2.41. The summed E-state index contributed by atoms with van der Waals surface area (Å²) in [5.41, 5.74) is 2.04. The predicted octanol–water partition coefficient (Wildman–Crippen LogP) is 3.49. The second-order valence-electron chi connectivity index (χ2n) is 4.19. The molecular formula is C14H12FN3S. The van der Waals surface area contributed by atoms with Gasteiger partial charge in [0.1, 0.15) is 18.0 Å². The van der Waals surface area contributed by atoms with Crippen LogP contribution in [0.1, 0.15) is 5.56 Å². The van der Waals surface area contributed by atoms with Crippen LogP contribution in [0.3, 0.4) is 0 Å². The van der Waals surface area contributed by atoms with Gasteiger partial charge in [0.25, 0.3) is 0 Å². The monoisotopic (exact) mass is 273 g/mol. The van der Waals surface area contributed by atoms with E-state index in [1.54, 1.807) is 17.4 Å². The first-order chi connectivity index (χ1) is 9.33. The van der Waals surface area contributed by atoms with Gasteiger partial charge in [0.15, 0.2) is 0 Å². The van der Waals surface area contributed by atoms with Gasteiger partial charge in [-0.05, 0) is 47.0 Å². The Morgan fingerprint density at radius 1 is 1.21 bits per heavy atom. The number of hydrogen-bond donors (Lipinski definition) is 1. The molecule has 19 heavy (non-hydrogen) atoms. The number of nitrogens with one attached hydrogen (secondary N) is 1. The number of thiophene rings is 1. The molecule has 0 aliphatic heterocycles. The summed E-state index contributed by atoms with van der Waals surface area (Å²) in [6.45, 7) is 0.763. The molecule has 3 rings (SSSR count). The molecule has 96 valence electrons. The van der Waals surface area contributed by atoms with Gasteiger partial charge in [0, 0.05) is 11.9 Å². The summed E-state index contributed by atoms with van der Waals surface area (Å²) in [5.74, 6) is 0.405. The lowest BCUT2D eigenvalue weighted by Crippen LogP contribution is -2.06. The van der Waals surface area contributed by atoms with E-state index in [2.05, 4.69) is 32.1 Å². The molecule has 1 N–H and O–H groups in total. The van der Waals surface area contributed by atoms with E-state index in [1.807, 2.05) is 0 Å². The molecule has 2 aromatic heterocycles. The summed E-state index contributed by atoms with van der Waals surface area (Å²) in [4.78, 5) is 8.31. The summed E-state index contributed by atoms with van der Waals surface area (Å²) >= 11 is 1.69. The van der Waals surface area contributed by atoms with Crippen molar-refractivity contribution in [3.63, 3.8) is 0 Å². The van der Waals surface area contributed by atoms with Crippen LogP contribution in [0.15, 0.2) is 41.4 Å². The molecule has 1 aromatic carbocycles. The van der Waals surface area contributed by atoms with Crippen LogP contribution in [0, 0.1) is 5.82 Å². The first-order valence-corrected chi connectivity index (χ1v) is 6.92. The topological polar surface area (TPSA) is 37.8 Å². The highest BCUT2D eigenvalue weighted by atomic mass is 32.1. The zero-order valence-corrected chi connectivity index (χ0v) is 11.0. The Balaban J connectivity index is 1.78. The number of aromatic nitrogens is 2. The maximum atomic E-state index is 13.3. The summed E-state index contributed by atoms with van der Waals surface area (Å²) < 4.78 is 13.3. The minimum atomic E-state index is -0.275. The van der Waals surface area contributed by atoms with Gasteiger partial charge in [-0.15, -0.1) is 0 Å². The zero-order chi connectivity index (χ0) is 13.1. The fraction of sp³-hybridized carbons (Fsp3) is 0.143. The maximum Gasteiger partial charge on any atom is 0.137 e. The summed E-state index contributed by atoms with van der Waals surface area (Å²) in [5, 5.41) is 8.14. The summed E-state index contributed by atoms with van der Waals surface area (Å²) in [6, 6.07) is 6.63. The van der Waals surface area contributed by atoms with Crippen molar-refractivity contribution in [1.82, 2.24) is 9.97 Å². The molecule has 0 unspecified atom stereocenters. The van der Waals surface area contributed by atoms with E-state index < -0.39 is 0 Å². The maximum absolute atomic E-state index is 13.3. The lowest BCUT2D eigenvalue weighted by molar-refractivity contribution is 0.629. The smallest absolute Gasteiger partial charge is 0.137 e. The summed E-state index contributed by atoms with van der Waals surface area (Å²) in [7, 11) is 0. The van der Waals surface area contributed by atoms with Gasteiger partial charge in [0.05, 0.1) is 5.52 Å². The van der Waals surface area contributed by atoms with Gasteiger partial charge < -0.3 is 5.32 Å². The average molecular weight is 273 g/mol. The van der Waals surface area contributed by atoms with Crippen LogP contribution in [0.25, 0.3) is 10.9 Å². The van der Waals surface area contributed by atoms with E-state index in [0.29, 0.717) is 11.2 Å². The van der Waals surface area contributed by atoms with Crippen molar-refractivity contribution >= 4 is 28.1 Å². The van der Waals surface area contributed by atoms with Crippen LogP contribution in [0.2, 0.25) is 0 Å². The molecule has 0 saturated heterocycles. The Kier molecular flexibility index (Phi) is 3.37. The fourth-order valence-electron chi connectivity index (χ4n) is 1.93. The quantitative estimate of drug-likeness (QED) is 0.790. The molecule has 0 bridgehead atoms. The zero-order valence-electron chi connectivity index (χ0n) is 10.1. The second-order valence-corrected chi connectivity index (χ2v) is 4.97. The van der Waals surface area contributed by atoms with Crippen molar-refractivity contribution in [2.24, 2.45) is 0 Å². The van der Waals surface area contributed by atoms with E-state index in [4.69, 9.17) is 0 Å². The van der Waals surface area contributed by atoms with Gasteiger partial charge in [-0.1, -0.05) is 0 Å². The van der Waals surface area contributed by atoms with Crippen LogP contribution < -0.4 is 5.32 Å². The molecule has 0 fully saturated rings. The van der Waals surface area contributed by atoms with Crippen molar-refractivity contribution in [1.29, 1.82) is 0 Å². The van der Waals surface area contributed by atoms with Crippen LogP contribution >= 0.6 is 11.3 Å². The van der Waals surface area contributed by atoms with E-state index in [1.165, 1.54) is 24.0 Å². The van der Waals surface area contributed by atoms with Crippen molar-refractivity contribution in [3.05, 3.63) is 52.7 Å². The molecular weight excluding hydrogens is 261 g/mol. The Labute approximate surface area is 114 Å². The Bertz CT molecular complexity index is 682. The number of benzene rings is 1. The first-order valence-electron chi connectivity index (χ1n) is 5.98. The molecule has 0 aliphatic carbocycles. The van der Waals surface area contributed by atoms with Crippen LogP contribution in [-0.2, 0) is 6.42 Å². The van der Waals surface area contributed by atoms with Gasteiger partial charge in [0.2, 0.25) is 0 Å². The minimum Gasteiger partial charge on any atom is -0.369 e. The van der Waals surface area contributed by atoms with Gasteiger partial charge in [-0.3, -0.25) is 0 Å². The molecule has 5 heteroatoms. The predicted molar refractivity (Wildman–Crippen MR) is 76.0 cm³/mol. The van der Waals surface area contributed by atoms with E-state index >= 15 is 0 Å². The largest absolute Gasteiger partial charge is 0.369 e. The highest BCUT2D eigenvalue weighted by Crippen LogP contribution is 2.20. The third-order valence-corrected chi connectivity index (χ3v) is 3.62. The van der Waals surface area contributed by atoms with Crippen LogP contribution in [0.5, 0.6) is 0 Å². The van der Waals surface area contributed by atoms with Crippen LogP contribution in [-0.4, -0.2) is 16.5 Å². The SMILES string of the molecule is Fc1ccc2ncnc(NCCc3ccsc3)c2c1. The van der Waals surface area contributed by atoms with Crippen molar-refractivity contribution in [2.75, 3.05) is 11.9 Å². The Hall–Kier alpha value is -2.01. The highest BCUT2D eigenvalue weighted by molar-refractivity contribution is 7.07. The van der Waals surface area contributed by atoms with Crippen molar-refractivity contribution < 1.29 is 4.39 Å². The third kappa shape index (κ3) is 2.71. The molecule has 2 heterocycles. The highest BCUT2D eigenvalue weighted by Gasteiger charge is 2.04. The lowest BCUT2D eigenvalue weighted by atomic mass is 10.2. The normalized spacial score (nSPS) is 10.8. The number of hydrogen-bond acceptors (Lipinski definition) is 4. The molecule has 0 spiro atoms. The number of fused-ring (bicyclic) bond motifs is 1. The molecule has 0 atom stereocenters. The number of nitrogens with zero attached hydrogens (tertiary/aromatic N) is 2. The van der Waals surface area contributed by atoms with E-state index in [0.717, 1.165) is 18.5 Å². The van der Waals surface area contributed by atoms with Crippen molar-refractivity contribution in [2.45, 2.75) is 6.42 Å².